The highest BCUT2D eigenvalue weighted by atomic mass is 32.1. The average molecular weight is 1010 g/mol. The minimum Gasteiger partial charge on any atom is -0.493 e. The Morgan fingerprint density at radius 1 is 0.958 bits per heavy atom. The first kappa shape index (κ1) is 53.5. The van der Waals surface area contributed by atoms with Crippen LogP contribution in [0.15, 0.2) is 71.7 Å². The van der Waals surface area contributed by atoms with Crippen molar-refractivity contribution in [2.45, 2.75) is 123 Å². The van der Waals surface area contributed by atoms with Crippen molar-refractivity contribution in [2.24, 2.45) is 5.41 Å². The van der Waals surface area contributed by atoms with Crippen molar-refractivity contribution < 1.29 is 55.7 Å². The minimum atomic E-state index is -3.50. The molecule has 3 N–H and O–H groups in total. The Morgan fingerprint density at radius 3 is 2.31 bits per heavy atom. The monoisotopic (exact) mass is 1010 g/mol. The molecule has 2 aliphatic heterocycles. The maximum Gasteiger partial charge on any atom is 0.293 e. The number of thiazole rings is 1. The predicted molar refractivity (Wildman–Crippen MR) is 260 cm³/mol. The van der Waals surface area contributed by atoms with E-state index in [1.807, 2.05) is 67.3 Å². The number of nitrogens with zero attached hydrogens (tertiary/aromatic N) is 3. The number of carbonyl (C=O) groups excluding carboxylic acids is 3. The first-order valence-corrected chi connectivity index (χ1v) is 24.8. The van der Waals surface area contributed by atoms with Crippen LogP contribution in [0.1, 0.15) is 94.8 Å². The lowest BCUT2D eigenvalue weighted by Gasteiger charge is -2.44. The van der Waals surface area contributed by atoms with Crippen molar-refractivity contribution in [3.63, 3.8) is 0 Å². The molecule has 1 aromatic heterocycles. The van der Waals surface area contributed by atoms with Gasteiger partial charge in [0.2, 0.25) is 17.7 Å². The highest BCUT2D eigenvalue weighted by Crippen LogP contribution is 2.50. The van der Waals surface area contributed by atoms with Crippen molar-refractivity contribution in [1.29, 1.82) is 0 Å². The van der Waals surface area contributed by atoms with Crippen LogP contribution in [0.25, 0.3) is 16.0 Å². The SMILES string of the molecule is Cc1ncsc1-c1ccc(CNC(=O)[C@@H]2C[C@@H](O)CN2C(=O)[C@@H](NC(=O)COCC(F)(F)COCCCOc2cc(F)c([C@@H]3C4=C(C[C@@H](C)N3CC(C)(C)F)c3ccccc3C4)c(F)c2)C(C)(C)C)cc1. The fraction of sp³-hybridized carbons (Fsp3) is 0.509. The van der Waals surface area contributed by atoms with E-state index >= 15 is 13.2 Å². The maximum absolute atomic E-state index is 16.1. The van der Waals surface area contributed by atoms with E-state index in [9.17, 15) is 28.3 Å². The Morgan fingerprint density at radius 2 is 1.65 bits per heavy atom. The van der Waals surface area contributed by atoms with Gasteiger partial charge in [-0.2, -0.15) is 0 Å². The lowest BCUT2D eigenvalue weighted by molar-refractivity contribution is -0.147. The number of aliphatic hydroxyl groups is 1. The molecule has 3 heterocycles. The van der Waals surface area contributed by atoms with Gasteiger partial charge in [0.25, 0.3) is 5.92 Å². The summed E-state index contributed by atoms with van der Waals surface area (Å²) in [6, 6.07) is 14.4. The minimum absolute atomic E-state index is 0.00883. The molecule has 384 valence electrons. The first-order valence-electron chi connectivity index (χ1n) is 23.9. The smallest absolute Gasteiger partial charge is 0.293 e. The van der Waals surface area contributed by atoms with Crippen LogP contribution in [0.4, 0.5) is 22.0 Å². The second-order valence-electron chi connectivity index (χ2n) is 20.5. The molecule has 0 radical (unpaired) electrons. The summed E-state index contributed by atoms with van der Waals surface area (Å²) < 4.78 is 92.7. The topological polar surface area (TPSA) is 143 Å². The van der Waals surface area contributed by atoms with Crippen LogP contribution >= 0.6 is 11.3 Å². The number of carbonyl (C=O) groups is 3. The van der Waals surface area contributed by atoms with Gasteiger partial charge in [0.1, 0.15) is 55.0 Å². The summed E-state index contributed by atoms with van der Waals surface area (Å²) in [5.74, 6) is -7.22. The van der Waals surface area contributed by atoms with Crippen LogP contribution in [0.3, 0.4) is 0 Å². The zero-order valence-electron chi connectivity index (χ0n) is 41.3. The molecule has 3 aliphatic rings. The van der Waals surface area contributed by atoms with Crippen LogP contribution < -0.4 is 15.4 Å². The molecule has 4 aromatic rings. The number of halogens is 5. The molecule has 1 fully saturated rings. The summed E-state index contributed by atoms with van der Waals surface area (Å²) in [7, 11) is 0. The number of aromatic nitrogens is 1. The summed E-state index contributed by atoms with van der Waals surface area (Å²) in [4.78, 5) is 48.8. The molecule has 0 spiro atoms. The molecular weight excluding hydrogens is 946 g/mol. The largest absolute Gasteiger partial charge is 0.493 e. The number of amides is 3. The molecule has 7 rings (SSSR count). The Labute approximate surface area is 416 Å². The molecule has 5 atom stereocenters. The Balaban J connectivity index is 0.851. The Kier molecular flexibility index (Phi) is 16.8. The number of alkyl halides is 3. The fourth-order valence-corrected chi connectivity index (χ4v) is 10.5. The number of fused-ring (bicyclic) bond motifs is 2. The van der Waals surface area contributed by atoms with E-state index in [1.54, 1.807) is 26.3 Å². The summed E-state index contributed by atoms with van der Waals surface area (Å²) in [5, 5.41) is 16.0. The van der Waals surface area contributed by atoms with Crippen molar-refractivity contribution >= 4 is 34.6 Å². The van der Waals surface area contributed by atoms with Crippen LogP contribution in [0.2, 0.25) is 0 Å². The van der Waals surface area contributed by atoms with E-state index in [2.05, 4.69) is 15.6 Å². The van der Waals surface area contributed by atoms with E-state index in [0.29, 0.717) is 12.8 Å². The van der Waals surface area contributed by atoms with Gasteiger partial charge in [-0.15, -0.1) is 11.3 Å². The van der Waals surface area contributed by atoms with E-state index in [1.165, 1.54) is 30.1 Å². The van der Waals surface area contributed by atoms with E-state index in [0.717, 1.165) is 56.1 Å². The highest BCUT2D eigenvalue weighted by Gasteiger charge is 2.46. The normalized spacial score (nSPS) is 19.9. The first-order chi connectivity index (χ1) is 33.5. The predicted octanol–water partition coefficient (Wildman–Crippen LogP) is 8.54. The zero-order chi connectivity index (χ0) is 51.4. The lowest BCUT2D eigenvalue weighted by Crippen LogP contribution is -2.58. The molecule has 12 nitrogen and oxygen atoms in total. The van der Waals surface area contributed by atoms with Crippen LogP contribution in [-0.4, -0.2) is 120 Å². The van der Waals surface area contributed by atoms with Crippen molar-refractivity contribution in [3.8, 4) is 16.2 Å². The third-order valence-electron chi connectivity index (χ3n) is 13.0. The number of ether oxygens (including phenoxy) is 3. The summed E-state index contributed by atoms with van der Waals surface area (Å²) in [5.41, 5.74) is 5.80. The molecule has 0 bridgehead atoms. The Bertz CT molecular complexity index is 2560. The zero-order valence-corrected chi connectivity index (χ0v) is 42.1. The van der Waals surface area contributed by atoms with E-state index < -0.39 is 90.4 Å². The number of benzene rings is 3. The number of rotatable bonds is 20. The van der Waals surface area contributed by atoms with Crippen molar-refractivity contribution in [1.82, 2.24) is 25.4 Å². The highest BCUT2D eigenvalue weighted by molar-refractivity contribution is 7.13. The van der Waals surface area contributed by atoms with Gasteiger partial charge in [0, 0.05) is 56.2 Å². The second kappa shape index (κ2) is 22.2. The molecule has 1 aliphatic carbocycles. The van der Waals surface area contributed by atoms with Gasteiger partial charge in [-0.3, -0.25) is 19.3 Å². The number of likely N-dealkylation sites (tertiary alicyclic amines) is 1. The molecule has 3 aromatic carbocycles. The molecular formula is C53H64F5N5O7S. The van der Waals surface area contributed by atoms with Crippen LogP contribution in [0, 0.1) is 24.0 Å². The average Bonchev–Trinajstić information content (AvgIpc) is 4.02. The summed E-state index contributed by atoms with van der Waals surface area (Å²) in [6.07, 6.45) is 0.218. The number of aliphatic hydroxyl groups excluding tert-OH is 1. The number of aryl methyl sites for hydroxylation is 1. The summed E-state index contributed by atoms with van der Waals surface area (Å²) >= 11 is 1.53. The summed E-state index contributed by atoms with van der Waals surface area (Å²) in [6.45, 7) is 8.53. The molecule has 0 unspecified atom stereocenters. The quantitative estimate of drug-likeness (QED) is 0.0587. The maximum atomic E-state index is 16.1. The van der Waals surface area contributed by atoms with Gasteiger partial charge in [-0.25, -0.2) is 26.9 Å². The number of hydrogen-bond donors (Lipinski definition) is 3. The van der Waals surface area contributed by atoms with E-state index in [4.69, 9.17) is 14.2 Å². The van der Waals surface area contributed by atoms with E-state index in [-0.39, 0.29) is 63.0 Å². The molecule has 71 heavy (non-hydrogen) atoms. The second-order valence-corrected chi connectivity index (χ2v) is 21.4. The van der Waals surface area contributed by atoms with Gasteiger partial charge in [0.05, 0.1) is 41.4 Å². The number of hydrogen-bond acceptors (Lipinski definition) is 10. The van der Waals surface area contributed by atoms with Gasteiger partial charge < -0.3 is 34.9 Å². The van der Waals surface area contributed by atoms with Gasteiger partial charge in [0.15, 0.2) is 0 Å². The molecule has 0 saturated carbocycles. The fourth-order valence-electron chi connectivity index (χ4n) is 9.64. The van der Waals surface area contributed by atoms with Crippen molar-refractivity contribution in [2.75, 3.05) is 46.1 Å². The van der Waals surface area contributed by atoms with Crippen LogP contribution in [-0.2, 0) is 36.8 Å². The lowest BCUT2D eigenvalue weighted by atomic mass is 9.84. The van der Waals surface area contributed by atoms with Gasteiger partial charge in [-0.1, -0.05) is 69.3 Å². The molecule has 3 amide bonds. The standard InChI is InChI=1S/C53H64F5N5O7S/c1-31-19-39-38-12-9-8-11-35(38)20-40(39)46(63(31)27-52(6,7)56)45-41(54)22-37(23-42(45)55)70-18-10-17-68-28-53(57,58)29-69-26-44(65)61-48(51(3,4)5)50(67)62-25-36(64)21-43(62)49(66)59-24-33-13-15-34(16-14-33)47-32(2)60-30-71-47/h8-9,11-16,22-23,30-31,36,43,46,48,64H,10,17-21,24-29H2,1-7H3,(H,59,66)(H,61,65)/t31-,36-,43+,46+,48-/m1/s1. The van der Waals surface area contributed by atoms with Crippen molar-refractivity contribution in [3.05, 3.63) is 111 Å². The van der Waals surface area contributed by atoms with Gasteiger partial charge in [-0.05, 0) is 79.4 Å². The molecule has 18 heteroatoms. The third kappa shape index (κ3) is 13.2. The molecule has 1 saturated heterocycles. The Hall–Kier alpha value is -5.27. The number of β-amino-alcohol motifs (C(OH)–C–C–N with tert-alkyl or cyclic N) is 1. The van der Waals surface area contributed by atoms with Crippen LogP contribution in [0.5, 0.6) is 5.75 Å². The number of nitrogens with one attached hydrogen (secondary N) is 2. The third-order valence-corrected chi connectivity index (χ3v) is 14.0. The van der Waals surface area contributed by atoms with Gasteiger partial charge >= 0.3 is 0 Å².